The molecule has 2 unspecified atom stereocenters. The molecule has 2 atom stereocenters. The van der Waals surface area contributed by atoms with Crippen LogP contribution in [0.1, 0.15) is 108 Å². The average molecular weight is 442 g/mol. The Hall–Kier alpha value is -2.05. The lowest BCUT2D eigenvalue weighted by atomic mass is 9.69. The van der Waals surface area contributed by atoms with Gasteiger partial charge in [-0.05, 0) is 55.6 Å². The van der Waals surface area contributed by atoms with E-state index in [9.17, 15) is 15.0 Å². The van der Waals surface area contributed by atoms with E-state index in [1.165, 1.54) is 0 Å². The van der Waals surface area contributed by atoms with E-state index in [4.69, 9.17) is 0 Å². The minimum atomic E-state index is -1.17. The van der Waals surface area contributed by atoms with Gasteiger partial charge in [0.25, 0.3) is 5.56 Å². The fraction of sp³-hybridized carbons (Fsp3) is 0.654. The largest absolute Gasteiger partial charge is 0.850 e. The van der Waals surface area contributed by atoms with Crippen molar-refractivity contribution in [2.75, 3.05) is 5.32 Å². The summed E-state index contributed by atoms with van der Waals surface area (Å²) in [5.41, 5.74) is 3.52. The van der Waals surface area contributed by atoms with Gasteiger partial charge >= 0.3 is 0 Å². The standard InChI is InChI=1S/C26H39N3O3/c1-13(2)16-11-10-12-17(14(3)4)21(16)27-22-23(30)19(24(22)31)18-20(15(5)6)28-29(25(18)32)26(7,8)9/h10-15,19,22-24,27-28H,1-9H3/q-2. The molecule has 1 aromatic carbocycles. The number of hydrogen-bond donors (Lipinski definition) is 2. The Labute approximate surface area is 192 Å². The van der Waals surface area contributed by atoms with Crippen LogP contribution in [0.5, 0.6) is 0 Å². The number of benzene rings is 1. The van der Waals surface area contributed by atoms with Crippen molar-refractivity contribution in [1.82, 2.24) is 9.78 Å². The van der Waals surface area contributed by atoms with Crippen LogP contribution in [-0.2, 0) is 5.54 Å². The molecular formula is C26H39N3O3-2. The molecular weight excluding hydrogens is 402 g/mol. The number of para-hydroxylation sites is 1. The van der Waals surface area contributed by atoms with E-state index in [-0.39, 0.29) is 23.3 Å². The van der Waals surface area contributed by atoms with Gasteiger partial charge < -0.3 is 15.5 Å². The maximum atomic E-state index is 13.4. The topological polar surface area (TPSA) is 95.9 Å². The predicted molar refractivity (Wildman–Crippen MR) is 126 cm³/mol. The monoisotopic (exact) mass is 441 g/mol. The summed E-state index contributed by atoms with van der Waals surface area (Å²) in [7, 11) is 0. The van der Waals surface area contributed by atoms with Crippen molar-refractivity contribution in [2.24, 2.45) is 0 Å². The van der Waals surface area contributed by atoms with E-state index in [0.29, 0.717) is 11.3 Å². The van der Waals surface area contributed by atoms with Crippen molar-refractivity contribution in [3.8, 4) is 0 Å². The predicted octanol–water partition coefficient (Wildman–Crippen LogP) is 3.34. The number of H-pyrrole nitrogens is 1. The Balaban J connectivity index is 1.99. The fourth-order valence-corrected chi connectivity index (χ4v) is 4.75. The molecule has 178 valence electrons. The second kappa shape index (κ2) is 8.71. The molecule has 1 aliphatic carbocycles. The Bertz CT molecular complexity index is 974. The first kappa shape index (κ1) is 24.6. The molecule has 0 spiro atoms. The molecule has 1 aliphatic rings. The van der Waals surface area contributed by atoms with Crippen molar-refractivity contribution < 1.29 is 10.2 Å². The Morgan fingerprint density at radius 1 is 0.938 bits per heavy atom. The van der Waals surface area contributed by atoms with Crippen molar-refractivity contribution in [2.45, 2.75) is 110 Å². The van der Waals surface area contributed by atoms with Crippen LogP contribution in [0.4, 0.5) is 5.69 Å². The highest BCUT2D eigenvalue weighted by molar-refractivity contribution is 5.61. The number of aromatic nitrogens is 2. The van der Waals surface area contributed by atoms with Crippen LogP contribution in [0, 0.1) is 0 Å². The highest BCUT2D eigenvalue weighted by Gasteiger charge is 2.42. The van der Waals surface area contributed by atoms with Crippen molar-refractivity contribution in [3.63, 3.8) is 0 Å². The van der Waals surface area contributed by atoms with Crippen LogP contribution in [0.3, 0.4) is 0 Å². The molecule has 0 aliphatic heterocycles. The molecule has 0 radical (unpaired) electrons. The SMILES string of the molecule is CC(C)c1cccc(C(C)C)c1NC1C([O-])C(c2c(C(C)C)[nH]n(C(C)(C)C)c2=O)C1[O-]. The van der Waals surface area contributed by atoms with E-state index < -0.39 is 29.7 Å². The molecule has 32 heavy (non-hydrogen) atoms. The number of hydrogen-bond acceptors (Lipinski definition) is 4. The first-order valence-corrected chi connectivity index (χ1v) is 11.8. The van der Waals surface area contributed by atoms with Crippen molar-refractivity contribution in [1.29, 1.82) is 0 Å². The van der Waals surface area contributed by atoms with Gasteiger partial charge in [-0.2, -0.15) is 0 Å². The van der Waals surface area contributed by atoms with Gasteiger partial charge in [-0.3, -0.25) is 9.89 Å². The molecule has 2 N–H and O–H groups in total. The Kier molecular flexibility index (Phi) is 6.69. The maximum absolute atomic E-state index is 13.4. The summed E-state index contributed by atoms with van der Waals surface area (Å²) in [4.78, 5) is 13.3. The average Bonchev–Trinajstić information content (AvgIpc) is 3.03. The normalized spacial score (nSPS) is 23.8. The molecule has 3 rings (SSSR count). The van der Waals surface area contributed by atoms with Gasteiger partial charge in [0.15, 0.2) is 0 Å². The molecule has 1 fully saturated rings. The minimum absolute atomic E-state index is 0.0157. The van der Waals surface area contributed by atoms with E-state index in [1.807, 2.05) is 40.7 Å². The molecule has 1 aromatic heterocycles. The van der Waals surface area contributed by atoms with Crippen LogP contribution in [-0.4, -0.2) is 28.0 Å². The summed E-state index contributed by atoms with van der Waals surface area (Å²) < 4.78 is 1.56. The van der Waals surface area contributed by atoms with E-state index in [0.717, 1.165) is 16.8 Å². The number of rotatable bonds is 6. The van der Waals surface area contributed by atoms with E-state index >= 15 is 0 Å². The summed E-state index contributed by atoms with van der Waals surface area (Å²) in [6, 6.07) is 5.39. The van der Waals surface area contributed by atoms with Gasteiger partial charge in [-0.1, -0.05) is 59.7 Å². The Morgan fingerprint density at radius 3 is 1.84 bits per heavy atom. The van der Waals surface area contributed by atoms with Gasteiger partial charge in [0, 0.05) is 23.0 Å². The molecule has 6 nitrogen and oxygen atoms in total. The molecule has 6 heteroatoms. The van der Waals surface area contributed by atoms with Crippen LogP contribution in [0.2, 0.25) is 0 Å². The zero-order chi connectivity index (χ0) is 24.1. The molecule has 0 bridgehead atoms. The maximum Gasteiger partial charge on any atom is 0.270 e. The van der Waals surface area contributed by atoms with Gasteiger partial charge in [-0.25, -0.2) is 4.68 Å². The van der Waals surface area contributed by atoms with Gasteiger partial charge in [0.05, 0.1) is 5.54 Å². The van der Waals surface area contributed by atoms with Crippen LogP contribution >= 0.6 is 0 Å². The quantitative estimate of drug-likeness (QED) is 0.719. The van der Waals surface area contributed by atoms with Gasteiger partial charge in [0.1, 0.15) is 0 Å². The second-order valence-electron chi connectivity index (χ2n) is 11.2. The highest BCUT2D eigenvalue weighted by Crippen LogP contribution is 2.41. The number of anilines is 1. The fourth-order valence-electron chi connectivity index (χ4n) is 4.75. The second-order valence-corrected chi connectivity index (χ2v) is 11.2. The summed E-state index contributed by atoms with van der Waals surface area (Å²) in [5.74, 6) is -0.301. The van der Waals surface area contributed by atoms with Gasteiger partial charge in [-0.15, -0.1) is 12.2 Å². The van der Waals surface area contributed by atoms with Crippen molar-refractivity contribution >= 4 is 5.69 Å². The molecule has 0 amide bonds. The zero-order valence-electron chi connectivity index (χ0n) is 20.9. The lowest BCUT2D eigenvalue weighted by Gasteiger charge is -2.61. The van der Waals surface area contributed by atoms with Crippen molar-refractivity contribution in [3.05, 3.63) is 50.9 Å². The highest BCUT2D eigenvalue weighted by atomic mass is 16.3. The minimum Gasteiger partial charge on any atom is -0.850 e. The summed E-state index contributed by atoms with van der Waals surface area (Å²) in [6.07, 6.45) is -2.35. The number of nitrogens with one attached hydrogen (secondary N) is 2. The summed E-state index contributed by atoms with van der Waals surface area (Å²) in [6.45, 7) is 18.2. The van der Waals surface area contributed by atoms with Gasteiger partial charge in [0.2, 0.25) is 0 Å². The first-order chi connectivity index (χ1) is 14.8. The summed E-state index contributed by atoms with van der Waals surface area (Å²) >= 11 is 0. The van der Waals surface area contributed by atoms with E-state index in [1.54, 1.807) is 4.68 Å². The third-order valence-electron chi connectivity index (χ3n) is 6.64. The zero-order valence-corrected chi connectivity index (χ0v) is 20.9. The lowest BCUT2D eigenvalue weighted by molar-refractivity contribution is -0.530. The third kappa shape index (κ3) is 4.15. The number of nitrogens with zero attached hydrogens (tertiary/aromatic N) is 1. The van der Waals surface area contributed by atoms with Crippen LogP contribution < -0.4 is 21.1 Å². The summed E-state index contributed by atoms with van der Waals surface area (Å²) in [5, 5.41) is 33.3. The van der Waals surface area contributed by atoms with E-state index in [2.05, 4.69) is 50.2 Å². The first-order valence-electron chi connectivity index (χ1n) is 11.8. The van der Waals surface area contributed by atoms with Crippen LogP contribution in [0.25, 0.3) is 0 Å². The van der Waals surface area contributed by atoms with Crippen LogP contribution in [0.15, 0.2) is 23.0 Å². The molecule has 1 heterocycles. The number of aromatic amines is 1. The Morgan fingerprint density at radius 2 is 1.44 bits per heavy atom. The smallest absolute Gasteiger partial charge is 0.270 e. The third-order valence-corrected chi connectivity index (χ3v) is 6.64. The molecule has 1 saturated carbocycles. The lowest BCUT2D eigenvalue weighted by Crippen LogP contribution is -2.72. The molecule has 2 aromatic rings. The molecule has 0 saturated heterocycles.